The lowest BCUT2D eigenvalue weighted by molar-refractivity contribution is 0.206. The summed E-state index contributed by atoms with van der Waals surface area (Å²) in [6.07, 6.45) is 5.29. The number of unbranched alkanes of at least 4 members (excludes halogenated alkanes) is 2. The van der Waals surface area contributed by atoms with Gasteiger partial charge in [-0.05, 0) is 38.9 Å². The average molecular weight is 236 g/mol. The van der Waals surface area contributed by atoms with Crippen LogP contribution < -0.4 is 0 Å². The summed E-state index contributed by atoms with van der Waals surface area (Å²) in [5.74, 6) is 0.232. The summed E-state index contributed by atoms with van der Waals surface area (Å²) < 4.78 is 0. The first kappa shape index (κ1) is 14.0. The Kier molecular flexibility index (Phi) is 5.98. The number of nitrogens with zero attached hydrogens (tertiary/aromatic N) is 2. The lowest BCUT2D eigenvalue weighted by Gasteiger charge is -2.26. The van der Waals surface area contributed by atoms with Crippen molar-refractivity contribution in [3.8, 4) is 5.75 Å². The van der Waals surface area contributed by atoms with E-state index in [1.807, 2.05) is 6.07 Å². The van der Waals surface area contributed by atoms with Gasteiger partial charge < -0.3 is 5.11 Å². The lowest BCUT2D eigenvalue weighted by Crippen LogP contribution is -2.31. The average Bonchev–Trinajstić information content (AvgIpc) is 2.30. The molecule has 1 heterocycles. The number of hydrogen-bond acceptors (Lipinski definition) is 3. The Hall–Kier alpha value is -1.09. The molecule has 1 N–H and O–H groups in total. The molecule has 0 radical (unpaired) electrons. The van der Waals surface area contributed by atoms with E-state index in [4.69, 9.17) is 0 Å². The highest BCUT2D eigenvalue weighted by Crippen LogP contribution is 2.11. The van der Waals surface area contributed by atoms with Gasteiger partial charge in [-0.3, -0.25) is 9.88 Å². The number of aromatic hydroxyl groups is 1. The van der Waals surface area contributed by atoms with Crippen molar-refractivity contribution in [2.75, 3.05) is 6.54 Å². The van der Waals surface area contributed by atoms with Crippen LogP contribution in [-0.4, -0.2) is 27.6 Å². The minimum atomic E-state index is 0.232. The molecule has 0 aliphatic rings. The van der Waals surface area contributed by atoms with Gasteiger partial charge in [-0.2, -0.15) is 0 Å². The smallest absolute Gasteiger partial charge is 0.133 e. The summed E-state index contributed by atoms with van der Waals surface area (Å²) in [5, 5.41) is 9.20. The van der Waals surface area contributed by atoms with Crippen LogP contribution >= 0.6 is 0 Å². The number of pyridine rings is 1. The van der Waals surface area contributed by atoms with Crippen LogP contribution in [0, 0.1) is 0 Å². The number of aromatic nitrogens is 1. The van der Waals surface area contributed by atoms with E-state index < -0.39 is 0 Å². The predicted molar refractivity (Wildman–Crippen MR) is 71.0 cm³/mol. The lowest BCUT2D eigenvalue weighted by atomic mass is 10.2. The second-order valence-corrected chi connectivity index (χ2v) is 4.78. The largest absolute Gasteiger partial charge is 0.506 e. The Morgan fingerprint density at radius 1 is 1.29 bits per heavy atom. The standard InChI is InChI=1S/C14H24N2O/c1-4-5-6-9-16(12(2)3)11-13-7-8-14(17)10-15-13/h7-8,10,12,17H,4-6,9,11H2,1-3H3. The molecule has 3 nitrogen and oxygen atoms in total. The van der Waals surface area contributed by atoms with Gasteiger partial charge in [0.15, 0.2) is 0 Å². The van der Waals surface area contributed by atoms with Gasteiger partial charge in [-0.25, -0.2) is 0 Å². The number of rotatable bonds is 7. The molecule has 1 aromatic rings. The molecule has 0 atom stereocenters. The maximum Gasteiger partial charge on any atom is 0.133 e. The van der Waals surface area contributed by atoms with Gasteiger partial charge in [0.05, 0.1) is 11.9 Å². The van der Waals surface area contributed by atoms with Gasteiger partial charge in [0.2, 0.25) is 0 Å². The molecule has 0 bridgehead atoms. The van der Waals surface area contributed by atoms with Crippen molar-refractivity contribution in [2.45, 2.75) is 52.6 Å². The van der Waals surface area contributed by atoms with Crippen LogP contribution in [0.25, 0.3) is 0 Å². The minimum Gasteiger partial charge on any atom is -0.506 e. The zero-order valence-electron chi connectivity index (χ0n) is 11.2. The molecule has 0 unspecified atom stereocenters. The van der Waals surface area contributed by atoms with Crippen molar-refractivity contribution < 1.29 is 5.11 Å². The maximum atomic E-state index is 9.20. The molecule has 1 aromatic heterocycles. The fraction of sp³-hybridized carbons (Fsp3) is 0.643. The first-order valence-corrected chi connectivity index (χ1v) is 6.51. The molecule has 0 saturated heterocycles. The molecular weight excluding hydrogens is 212 g/mol. The zero-order valence-corrected chi connectivity index (χ0v) is 11.2. The van der Waals surface area contributed by atoms with Crippen molar-refractivity contribution in [1.29, 1.82) is 0 Å². The van der Waals surface area contributed by atoms with E-state index in [-0.39, 0.29) is 5.75 Å². The van der Waals surface area contributed by atoms with Crippen molar-refractivity contribution >= 4 is 0 Å². The normalized spacial score (nSPS) is 11.4. The first-order valence-electron chi connectivity index (χ1n) is 6.51. The molecule has 96 valence electrons. The predicted octanol–water partition coefficient (Wildman–Crippen LogP) is 3.19. The third-order valence-electron chi connectivity index (χ3n) is 2.95. The fourth-order valence-electron chi connectivity index (χ4n) is 1.80. The zero-order chi connectivity index (χ0) is 12.7. The van der Waals surface area contributed by atoms with Gasteiger partial charge in [0.1, 0.15) is 5.75 Å². The SMILES string of the molecule is CCCCCN(Cc1ccc(O)cn1)C(C)C. The molecule has 0 aliphatic heterocycles. The van der Waals surface area contributed by atoms with Crippen LogP contribution in [0.1, 0.15) is 45.7 Å². The highest BCUT2D eigenvalue weighted by molar-refractivity contribution is 5.17. The van der Waals surface area contributed by atoms with Crippen LogP contribution in [0.3, 0.4) is 0 Å². The van der Waals surface area contributed by atoms with E-state index in [9.17, 15) is 5.11 Å². The fourth-order valence-corrected chi connectivity index (χ4v) is 1.80. The Labute approximate surface area is 104 Å². The summed E-state index contributed by atoms with van der Waals surface area (Å²) >= 11 is 0. The van der Waals surface area contributed by atoms with Gasteiger partial charge in [0.25, 0.3) is 0 Å². The highest BCUT2D eigenvalue weighted by atomic mass is 16.3. The molecule has 0 spiro atoms. The monoisotopic (exact) mass is 236 g/mol. The first-order chi connectivity index (χ1) is 8.13. The van der Waals surface area contributed by atoms with Crippen LogP contribution in [0.15, 0.2) is 18.3 Å². The summed E-state index contributed by atoms with van der Waals surface area (Å²) in [6.45, 7) is 8.63. The van der Waals surface area contributed by atoms with Gasteiger partial charge >= 0.3 is 0 Å². The topological polar surface area (TPSA) is 36.4 Å². The summed E-state index contributed by atoms with van der Waals surface area (Å²) in [7, 11) is 0. The molecule has 1 rings (SSSR count). The van der Waals surface area contributed by atoms with Crippen LogP contribution in [0.5, 0.6) is 5.75 Å². The summed E-state index contributed by atoms with van der Waals surface area (Å²) in [6, 6.07) is 4.12. The van der Waals surface area contributed by atoms with Crippen molar-refractivity contribution in [3.05, 3.63) is 24.0 Å². The second-order valence-electron chi connectivity index (χ2n) is 4.78. The molecule has 0 saturated carbocycles. The van der Waals surface area contributed by atoms with Crippen LogP contribution in [0.2, 0.25) is 0 Å². The quantitative estimate of drug-likeness (QED) is 0.739. The van der Waals surface area contributed by atoms with Gasteiger partial charge in [0, 0.05) is 12.6 Å². The van der Waals surface area contributed by atoms with Gasteiger partial charge in [-0.1, -0.05) is 19.8 Å². The molecule has 0 aromatic carbocycles. The molecule has 3 heteroatoms. The van der Waals surface area contributed by atoms with Crippen LogP contribution in [0.4, 0.5) is 0 Å². The Balaban J connectivity index is 2.51. The maximum absolute atomic E-state index is 9.20. The summed E-state index contributed by atoms with van der Waals surface area (Å²) in [4.78, 5) is 6.66. The van der Waals surface area contributed by atoms with E-state index in [0.29, 0.717) is 6.04 Å². The molecular formula is C14H24N2O. The van der Waals surface area contributed by atoms with E-state index >= 15 is 0 Å². The minimum absolute atomic E-state index is 0.232. The van der Waals surface area contributed by atoms with E-state index in [1.165, 1.54) is 25.5 Å². The van der Waals surface area contributed by atoms with Crippen molar-refractivity contribution in [3.63, 3.8) is 0 Å². The molecule has 0 aliphatic carbocycles. The number of hydrogen-bond donors (Lipinski definition) is 1. The van der Waals surface area contributed by atoms with Crippen LogP contribution in [-0.2, 0) is 6.54 Å². The Bertz CT molecular complexity index is 309. The molecule has 17 heavy (non-hydrogen) atoms. The Morgan fingerprint density at radius 3 is 2.59 bits per heavy atom. The van der Waals surface area contributed by atoms with Gasteiger partial charge in [-0.15, -0.1) is 0 Å². The highest BCUT2D eigenvalue weighted by Gasteiger charge is 2.10. The van der Waals surface area contributed by atoms with E-state index in [1.54, 1.807) is 6.07 Å². The molecule has 0 fully saturated rings. The third kappa shape index (κ3) is 5.18. The van der Waals surface area contributed by atoms with Crippen molar-refractivity contribution in [2.24, 2.45) is 0 Å². The van der Waals surface area contributed by atoms with E-state index in [0.717, 1.165) is 18.8 Å². The summed E-state index contributed by atoms with van der Waals surface area (Å²) in [5.41, 5.74) is 1.02. The molecule has 0 amide bonds. The Morgan fingerprint density at radius 2 is 2.06 bits per heavy atom. The van der Waals surface area contributed by atoms with E-state index in [2.05, 4.69) is 30.7 Å². The van der Waals surface area contributed by atoms with Crippen molar-refractivity contribution in [1.82, 2.24) is 9.88 Å². The third-order valence-corrected chi connectivity index (χ3v) is 2.95. The second kappa shape index (κ2) is 7.28.